The van der Waals surface area contributed by atoms with E-state index in [9.17, 15) is 4.79 Å². The van der Waals surface area contributed by atoms with Crippen LogP contribution in [-0.2, 0) is 9.53 Å². The minimum atomic E-state index is 0.141. The van der Waals surface area contributed by atoms with Gasteiger partial charge in [0, 0.05) is 25.0 Å². The third-order valence-corrected chi connectivity index (χ3v) is 3.88. The lowest BCUT2D eigenvalue weighted by atomic mass is 9.77. The molecule has 2 rings (SSSR count). The molecular weight excluding hydrogens is 204 g/mol. The fourth-order valence-corrected chi connectivity index (χ4v) is 2.72. The van der Waals surface area contributed by atoms with Crippen LogP contribution in [0.1, 0.15) is 26.2 Å². The van der Waals surface area contributed by atoms with E-state index in [1.807, 2.05) is 4.90 Å². The van der Waals surface area contributed by atoms with Gasteiger partial charge in [0.2, 0.25) is 5.91 Å². The van der Waals surface area contributed by atoms with Gasteiger partial charge in [-0.2, -0.15) is 0 Å². The molecule has 2 aliphatic rings. The minimum Gasteiger partial charge on any atom is -0.378 e. The lowest BCUT2D eigenvalue weighted by Crippen LogP contribution is -2.47. The van der Waals surface area contributed by atoms with Crippen LogP contribution in [0, 0.1) is 11.8 Å². The summed E-state index contributed by atoms with van der Waals surface area (Å²) in [6.45, 7) is 5.03. The van der Waals surface area contributed by atoms with E-state index < -0.39 is 0 Å². The van der Waals surface area contributed by atoms with Gasteiger partial charge in [-0.3, -0.25) is 4.79 Å². The second-order valence-corrected chi connectivity index (χ2v) is 5.09. The first-order chi connectivity index (χ1) is 7.68. The van der Waals surface area contributed by atoms with Crippen molar-refractivity contribution in [2.24, 2.45) is 17.6 Å². The lowest BCUT2D eigenvalue weighted by molar-refractivity contribution is -0.142. The van der Waals surface area contributed by atoms with Crippen molar-refractivity contribution in [3.63, 3.8) is 0 Å². The molecule has 1 amide bonds. The molecule has 3 atom stereocenters. The number of nitrogens with zero attached hydrogens (tertiary/aromatic N) is 1. The Balaban J connectivity index is 1.96. The van der Waals surface area contributed by atoms with Crippen LogP contribution in [0.2, 0.25) is 0 Å². The van der Waals surface area contributed by atoms with E-state index in [-0.39, 0.29) is 12.0 Å². The molecule has 1 aliphatic heterocycles. The van der Waals surface area contributed by atoms with Crippen molar-refractivity contribution in [2.45, 2.75) is 32.2 Å². The van der Waals surface area contributed by atoms with Crippen LogP contribution in [0.25, 0.3) is 0 Å². The monoisotopic (exact) mass is 226 g/mol. The summed E-state index contributed by atoms with van der Waals surface area (Å²) in [4.78, 5) is 14.3. The van der Waals surface area contributed by atoms with Gasteiger partial charge in [-0.25, -0.2) is 0 Å². The van der Waals surface area contributed by atoms with Gasteiger partial charge in [-0.15, -0.1) is 0 Å². The van der Waals surface area contributed by atoms with E-state index in [4.69, 9.17) is 10.5 Å². The van der Waals surface area contributed by atoms with E-state index in [1.165, 1.54) is 0 Å². The summed E-state index contributed by atoms with van der Waals surface area (Å²) < 4.78 is 5.27. The second-order valence-electron chi connectivity index (χ2n) is 5.09. The molecule has 1 saturated carbocycles. The third-order valence-electron chi connectivity index (χ3n) is 3.88. The quantitative estimate of drug-likeness (QED) is 0.712. The van der Waals surface area contributed by atoms with Crippen LogP contribution >= 0.6 is 0 Å². The lowest BCUT2D eigenvalue weighted by Gasteiger charge is -2.36. The van der Waals surface area contributed by atoms with E-state index in [0.717, 1.165) is 32.4 Å². The van der Waals surface area contributed by atoms with Gasteiger partial charge in [-0.1, -0.05) is 6.92 Å². The Kier molecular flexibility index (Phi) is 3.82. The number of hydrogen-bond acceptors (Lipinski definition) is 3. The molecule has 4 nitrogen and oxygen atoms in total. The summed E-state index contributed by atoms with van der Waals surface area (Å²) in [6.07, 6.45) is 3.01. The molecule has 2 fully saturated rings. The zero-order valence-corrected chi connectivity index (χ0v) is 10.0. The highest BCUT2D eigenvalue weighted by Crippen LogP contribution is 2.30. The topological polar surface area (TPSA) is 55.6 Å². The van der Waals surface area contributed by atoms with Crippen LogP contribution < -0.4 is 5.73 Å². The predicted molar refractivity (Wildman–Crippen MR) is 61.9 cm³/mol. The minimum absolute atomic E-state index is 0.141. The Labute approximate surface area is 97.1 Å². The first-order valence-corrected chi connectivity index (χ1v) is 6.30. The molecule has 1 aliphatic carbocycles. The molecule has 0 aromatic carbocycles. The van der Waals surface area contributed by atoms with Crippen molar-refractivity contribution >= 4 is 5.91 Å². The Morgan fingerprint density at radius 2 is 2.00 bits per heavy atom. The van der Waals surface area contributed by atoms with Crippen molar-refractivity contribution in [1.82, 2.24) is 4.90 Å². The summed E-state index contributed by atoms with van der Waals surface area (Å²) in [5, 5.41) is 0. The second kappa shape index (κ2) is 5.15. The summed E-state index contributed by atoms with van der Waals surface area (Å²) in [5.74, 6) is 0.919. The molecule has 0 radical (unpaired) electrons. The number of nitrogens with two attached hydrogens (primary N) is 1. The van der Waals surface area contributed by atoms with Gasteiger partial charge in [0.15, 0.2) is 0 Å². The van der Waals surface area contributed by atoms with Crippen molar-refractivity contribution in [2.75, 3.05) is 26.3 Å². The molecule has 0 aromatic rings. The average Bonchev–Trinajstić information content (AvgIpc) is 2.32. The van der Waals surface area contributed by atoms with Crippen molar-refractivity contribution < 1.29 is 9.53 Å². The maximum absolute atomic E-state index is 12.3. The normalized spacial score (nSPS) is 36.1. The van der Waals surface area contributed by atoms with E-state index in [0.29, 0.717) is 25.0 Å². The van der Waals surface area contributed by atoms with Gasteiger partial charge >= 0.3 is 0 Å². The summed E-state index contributed by atoms with van der Waals surface area (Å²) in [5.41, 5.74) is 5.96. The first-order valence-electron chi connectivity index (χ1n) is 6.30. The molecule has 1 heterocycles. The van der Waals surface area contributed by atoms with Crippen LogP contribution in [-0.4, -0.2) is 43.2 Å². The molecule has 0 aromatic heterocycles. The molecule has 1 saturated heterocycles. The zero-order valence-electron chi connectivity index (χ0n) is 10.0. The number of carbonyl (C=O) groups is 1. The Hall–Kier alpha value is -0.610. The number of hydrogen-bond donors (Lipinski definition) is 1. The van der Waals surface area contributed by atoms with E-state index in [2.05, 4.69) is 6.92 Å². The highest BCUT2D eigenvalue weighted by molar-refractivity contribution is 5.79. The molecule has 2 N–H and O–H groups in total. The molecule has 3 unspecified atom stereocenters. The van der Waals surface area contributed by atoms with E-state index in [1.54, 1.807) is 0 Å². The molecule has 4 heteroatoms. The SMILES string of the molecule is CC1CCC(N)CC1C(=O)N1CCOCC1. The Morgan fingerprint density at radius 3 is 2.69 bits per heavy atom. The van der Waals surface area contributed by atoms with Crippen LogP contribution in [0.15, 0.2) is 0 Å². The third kappa shape index (κ3) is 2.55. The standard InChI is InChI=1S/C12H22N2O2/c1-9-2-3-10(13)8-11(9)12(15)14-4-6-16-7-5-14/h9-11H,2-8,13H2,1H3. The maximum Gasteiger partial charge on any atom is 0.226 e. The van der Waals surface area contributed by atoms with Gasteiger partial charge in [0.1, 0.15) is 0 Å². The number of morpholine rings is 1. The van der Waals surface area contributed by atoms with Crippen LogP contribution in [0.3, 0.4) is 0 Å². The predicted octanol–water partition coefficient (Wildman–Crippen LogP) is 0.609. The highest BCUT2D eigenvalue weighted by atomic mass is 16.5. The molecule has 16 heavy (non-hydrogen) atoms. The van der Waals surface area contributed by atoms with Crippen LogP contribution in [0.5, 0.6) is 0 Å². The van der Waals surface area contributed by atoms with Gasteiger partial charge < -0.3 is 15.4 Å². The Bertz CT molecular complexity index is 251. The van der Waals surface area contributed by atoms with E-state index >= 15 is 0 Å². The van der Waals surface area contributed by atoms with Crippen LogP contribution in [0.4, 0.5) is 0 Å². The maximum atomic E-state index is 12.3. The van der Waals surface area contributed by atoms with Gasteiger partial charge in [-0.05, 0) is 25.2 Å². The number of carbonyl (C=O) groups excluding carboxylic acids is 1. The van der Waals surface area contributed by atoms with Gasteiger partial charge in [0.25, 0.3) is 0 Å². The fourth-order valence-electron chi connectivity index (χ4n) is 2.72. The van der Waals surface area contributed by atoms with Crippen molar-refractivity contribution in [1.29, 1.82) is 0 Å². The molecule has 0 bridgehead atoms. The number of ether oxygens (including phenoxy) is 1. The summed E-state index contributed by atoms with van der Waals surface area (Å²) in [6, 6.07) is 0.214. The summed E-state index contributed by atoms with van der Waals surface area (Å²) >= 11 is 0. The largest absolute Gasteiger partial charge is 0.378 e. The smallest absolute Gasteiger partial charge is 0.226 e. The zero-order chi connectivity index (χ0) is 11.5. The fraction of sp³-hybridized carbons (Fsp3) is 0.917. The van der Waals surface area contributed by atoms with Crippen molar-refractivity contribution in [3.8, 4) is 0 Å². The highest BCUT2D eigenvalue weighted by Gasteiger charge is 2.34. The average molecular weight is 226 g/mol. The molecule has 92 valence electrons. The van der Waals surface area contributed by atoms with Gasteiger partial charge in [0.05, 0.1) is 13.2 Å². The number of amides is 1. The number of rotatable bonds is 1. The molecular formula is C12H22N2O2. The van der Waals surface area contributed by atoms with Crippen molar-refractivity contribution in [3.05, 3.63) is 0 Å². The first kappa shape index (κ1) is 11.9. The molecule has 0 spiro atoms. The Morgan fingerprint density at radius 1 is 1.31 bits per heavy atom. The summed E-state index contributed by atoms with van der Waals surface area (Å²) in [7, 11) is 0.